The molecule has 0 heterocycles. The predicted octanol–water partition coefficient (Wildman–Crippen LogP) is 5.34. The highest BCUT2D eigenvalue weighted by Crippen LogP contribution is 2.32. The highest BCUT2D eigenvalue weighted by Gasteiger charge is 2.09. The van der Waals surface area contributed by atoms with Gasteiger partial charge in [-0.15, -0.1) is 0 Å². The van der Waals surface area contributed by atoms with Crippen molar-refractivity contribution in [3.8, 4) is 0 Å². The van der Waals surface area contributed by atoms with Gasteiger partial charge in [-0.25, -0.2) is 0 Å². The van der Waals surface area contributed by atoms with Gasteiger partial charge in [-0.05, 0) is 63.4 Å². The van der Waals surface area contributed by atoms with Crippen LogP contribution in [0.3, 0.4) is 0 Å². The predicted molar refractivity (Wildman–Crippen MR) is 93.1 cm³/mol. The van der Waals surface area contributed by atoms with Crippen LogP contribution < -0.4 is 5.32 Å². The van der Waals surface area contributed by atoms with Crippen molar-refractivity contribution in [2.45, 2.75) is 56.5 Å². The molecule has 0 aliphatic heterocycles. The zero-order valence-corrected chi connectivity index (χ0v) is 14.5. The van der Waals surface area contributed by atoms with Crippen LogP contribution in [0, 0.1) is 13.8 Å². The Morgan fingerprint density at radius 3 is 2.19 bits per heavy atom. The van der Waals surface area contributed by atoms with Crippen LogP contribution in [0.25, 0.3) is 0 Å². The molecule has 0 spiro atoms. The lowest BCUT2D eigenvalue weighted by Crippen LogP contribution is -2.35. The summed E-state index contributed by atoms with van der Waals surface area (Å²) in [5, 5.41) is 3.54. The average Bonchev–Trinajstić information content (AvgIpc) is 2.41. The summed E-state index contributed by atoms with van der Waals surface area (Å²) in [4.78, 5) is 2.67. The van der Waals surface area contributed by atoms with E-state index >= 15 is 0 Å². The molecule has 112 valence electrons. The fourth-order valence-corrected chi connectivity index (χ4v) is 3.06. The van der Waals surface area contributed by atoms with Gasteiger partial charge in [-0.2, -0.15) is 0 Å². The second-order valence-electron chi connectivity index (χ2n) is 6.57. The van der Waals surface area contributed by atoms with E-state index in [1.54, 1.807) is 0 Å². The standard InChI is InChI=1S/C19H25NS/c1-14-8-6-7-9-17(14)21-18-11-10-16(12-15(18)2)13-20-19(3,4)5/h6-12,20H,13H2,1-5H3. The van der Waals surface area contributed by atoms with Gasteiger partial charge in [0.2, 0.25) is 0 Å². The van der Waals surface area contributed by atoms with Crippen molar-refractivity contribution in [1.29, 1.82) is 0 Å². The maximum Gasteiger partial charge on any atom is 0.0210 e. The lowest BCUT2D eigenvalue weighted by molar-refractivity contribution is 0.424. The van der Waals surface area contributed by atoms with Crippen LogP contribution in [0.5, 0.6) is 0 Å². The first-order valence-electron chi connectivity index (χ1n) is 7.43. The van der Waals surface area contributed by atoms with E-state index in [0.29, 0.717) is 0 Å². The quantitative estimate of drug-likeness (QED) is 0.817. The minimum Gasteiger partial charge on any atom is -0.308 e. The number of hydrogen-bond donors (Lipinski definition) is 1. The minimum atomic E-state index is 0.155. The average molecular weight is 299 g/mol. The van der Waals surface area contributed by atoms with Crippen molar-refractivity contribution in [2.24, 2.45) is 0 Å². The number of aryl methyl sites for hydroxylation is 2. The third kappa shape index (κ3) is 4.90. The molecular formula is C19H25NS. The molecule has 2 aromatic rings. The molecule has 0 saturated heterocycles. The number of hydrogen-bond acceptors (Lipinski definition) is 2. The van der Waals surface area contributed by atoms with Gasteiger partial charge in [-0.1, -0.05) is 42.1 Å². The molecule has 0 bridgehead atoms. The lowest BCUT2D eigenvalue weighted by Gasteiger charge is -2.21. The van der Waals surface area contributed by atoms with Gasteiger partial charge in [0, 0.05) is 21.9 Å². The van der Waals surface area contributed by atoms with Crippen molar-refractivity contribution in [1.82, 2.24) is 5.32 Å². The Hall–Kier alpha value is -1.25. The maximum absolute atomic E-state index is 3.54. The van der Waals surface area contributed by atoms with Crippen molar-refractivity contribution < 1.29 is 0 Å². The lowest BCUT2D eigenvalue weighted by atomic mass is 10.1. The Bertz CT molecular complexity index is 611. The summed E-state index contributed by atoms with van der Waals surface area (Å²) in [5.41, 5.74) is 4.18. The van der Waals surface area contributed by atoms with Gasteiger partial charge in [0.1, 0.15) is 0 Å². The van der Waals surface area contributed by atoms with E-state index in [-0.39, 0.29) is 5.54 Å². The summed E-state index contributed by atoms with van der Waals surface area (Å²) in [6.45, 7) is 11.9. The van der Waals surface area contributed by atoms with Crippen LogP contribution in [-0.4, -0.2) is 5.54 Å². The summed E-state index contributed by atoms with van der Waals surface area (Å²) in [7, 11) is 0. The first-order valence-corrected chi connectivity index (χ1v) is 8.25. The highest BCUT2D eigenvalue weighted by atomic mass is 32.2. The smallest absolute Gasteiger partial charge is 0.0210 e. The molecule has 0 radical (unpaired) electrons. The first kappa shape index (κ1) is 16.1. The van der Waals surface area contributed by atoms with Crippen LogP contribution in [0.15, 0.2) is 52.3 Å². The van der Waals surface area contributed by atoms with Crippen LogP contribution in [-0.2, 0) is 6.54 Å². The molecular weight excluding hydrogens is 274 g/mol. The van der Waals surface area contributed by atoms with Gasteiger partial charge in [-0.3, -0.25) is 0 Å². The Kier molecular flexibility index (Phi) is 5.13. The fraction of sp³-hybridized carbons (Fsp3) is 0.368. The third-order valence-electron chi connectivity index (χ3n) is 3.38. The summed E-state index contributed by atoms with van der Waals surface area (Å²) >= 11 is 1.85. The van der Waals surface area contributed by atoms with Crippen molar-refractivity contribution in [3.63, 3.8) is 0 Å². The molecule has 21 heavy (non-hydrogen) atoms. The highest BCUT2D eigenvalue weighted by molar-refractivity contribution is 7.99. The van der Waals surface area contributed by atoms with Crippen molar-refractivity contribution in [2.75, 3.05) is 0 Å². The third-order valence-corrected chi connectivity index (χ3v) is 4.73. The number of rotatable bonds is 4. The van der Waals surface area contributed by atoms with Gasteiger partial charge in [0.05, 0.1) is 0 Å². The zero-order chi connectivity index (χ0) is 15.5. The molecule has 0 aromatic heterocycles. The van der Waals surface area contributed by atoms with Crippen molar-refractivity contribution >= 4 is 11.8 Å². The monoisotopic (exact) mass is 299 g/mol. The molecule has 2 rings (SSSR count). The molecule has 2 heteroatoms. The van der Waals surface area contributed by atoms with Gasteiger partial charge >= 0.3 is 0 Å². The van der Waals surface area contributed by atoms with E-state index in [4.69, 9.17) is 0 Å². The van der Waals surface area contributed by atoms with Gasteiger partial charge in [0.25, 0.3) is 0 Å². The molecule has 0 unspecified atom stereocenters. The maximum atomic E-state index is 3.54. The van der Waals surface area contributed by atoms with Crippen molar-refractivity contribution in [3.05, 3.63) is 59.2 Å². The molecule has 0 aliphatic carbocycles. The van der Waals surface area contributed by atoms with E-state index in [0.717, 1.165) is 6.54 Å². The van der Waals surface area contributed by atoms with Gasteiger partial charge in [0.15, 0.2) is 0 Å². The second-order valence-corrected chi connectivity index (χ2v) is 7.65. The Balaban J connectivity index is 2.11. The molecule has 1 N–H and O–H groups in total. The summed E-state index contributed by atoms with van der Waals surface area (Å²) in [6, 6.07) is 15.3. The largest absolute Gasteiger partial charge is 0.308 e. The number of benzene rings is 2. The first-order chi connectivity index (χ1) is 9.85. The van der Waals surface area contributed by atoms with Crippen LogP contribution in [0.4, 0.5) is 0 Å². The molecule has 0 saturated carbocycles. The fourth-order valence-electron chi connectivity index (χ4n) is 2.09. The minimum absolute atomic E-state index is 0.155. The SMILES string of the molecule is Cc1ccccc1Sc1ccc(CNC(C)(C)C)cc1C. The second kappa shape index (κ2) is 6.67. The summed E-state index contributed by atoms with van der Waals surface area (Å²) in [5.74, 6) is 0. The van der Waals surface area contributed by atoms with Crippen LogP contribution in [0.1, 0.15) is 37.5 Å². The zero-order valence-electron chi connectivity index (χ0n) is 13.7. The van der Waals surface area contributed by atoms with Crippen LogP contribution >= 0.6 is 11.8 Å². The summed E-state index contributed by atoms with van der Waals surface area (Å²) < 4.78 is 0. The van der Waals surface area contributed by atoms with E-state index in [2.05, 4.69) is 82.4 Å². The molecule has 0 aliphatic rings. The molecule has 2 aromatic carbocycles. The van der Waals surface area contributed by atoms with E-state index < -0.39 is 0 Å². The summed E-state index contributed by atoms with van der Waals surface area (Å²) in [6.07, 6.45) is 0. The topological polar surface area (TPSA) is 12.0 Å². The number of nitrogens with one attached hydrogen (secondary N) is 1. The van der Waals surface area contributed by atoms with Crippen LogP contribution in [0.2, 0.25) is 0 Å². The van der Waals surface area contributed by atoms with Gasteiger partial charge < -0.3 is 5.32 Å². The van der Waals surface area contributed by atoms with E-state index in [1.165, 1.54) is 26.5 Å². The van der Waals surface area contributed by atoms with E-state index in [1.807, 2.05) is 11.8 Å². The Labute approximate surface area is 133 Å². The Morgan fingerprint density at radius 1 is 0.905 bits per heavy atom. The molecule has 0 amide bonds. The Morgan fingerprint density at radius 2 is 1.57 bits per heavy atom. The molecule has 1 nitrogen and oxygen atoms in total. The van der Waals surface area contributed by atoms with E-state index in [9.17, 15) is 0 Å². The molecule has 0 fully saturated rings. The normalized spacial score (nSPS) is 11.7. The molecule has 0 atom stereocenters.